The van der Waals surface area contributed by atoms with Gasteiger partial charge in [-0.3, -0.25) is 0 Å². The molecule has 0 amide bonds. The first-order valence-corrected chi connectivity index (χ1v) is 9.33. The Balaban J connectivity index is 0.00000484. The number of halogens is 1. The smallest absolute Gasteiger partial charge is 0.243 e. The highest BCUT2D eigenvalue weighted by molar-refractivity contribution is 4.65. The van der Waals surface area contributed by atoms with Gasteiger partial charge in [-0.25, -0.2) is 9.13 Å². The van der Waals surface area contributed by atoms with Gasteiger partial charge in [0.2, 0.25) is 6.33 Å². The van der Waals surface area contributed by atoms with Gasteiger partial charge in [0, 0.05) is 13.7 Å². The molecule has 0 aliphatic carbocycles. The molecule has 0 N–H and O–H groups in total. The van der Waals surface area contributed by atoms with E-state index in [0.717, 1.165) is 6.61 Å². The van der Waals surface area contributed by atoms with E-state index in [2.05, 4.69) is 34.9 Å². The summed E-state index contributed by atoms with van der Waals surface area (Å²) in [6, 6.07) is 0. The first-order valence-electron chi connectivity index (χ1n) is 9.33. The van der Waals surface area contributed by atoms with E-state index in [4.69, 9.17) is 4.74 Å². The van der Waals surface area contributed by atoms with Crippen LogP contribution in [0.5, 0.6) is 0 Å². The third kappa shape index (κ3) is 13.6. The van der Waals surface area contributed by atoms with Crippen molar-refractivity contribution in [2.45, 2.75) is 83.6 Å². The van der Waals surface area contributed by atoms with Crippen molar-refractivity contribution >= 4 is 0 Å². The molecule has 1 aromatic rings. The van der Waals surface area contributed by atoms with Crippen LogP contribution in [0.3, 0.4) is 0 Å². The van der Waals surface area contributed by atoms with Crippen LogP contribution in [0.4, 0.5) is 0 Å². The van der Waals surface area contributed by atoms with Gasteiger partial charge in [-0.05, 0) is 19.3 Å². The third-order valence-corrected chi connectivity index (χ3v) is 4.34. The summed E-state index contributed by atoms with van der Waals surface area (Å²) in [4.78, 5) is 0. The van der Waals surface area contributed by atoms with Crippen LogP contribution in [0.25, 0.3) is 0 Å². The Morgan fingerprint density at radius 3 is 1.70 bits per heavy atom. The number of imidazole rings is 1. The van der Waals surface area contributed by atoms with Crippen LogP contribution in [-0.2, 0) is 18.3 Å². The maximum absolute atomic E-state index is 5.07. The molecule has 0 aliphatic rings. The molecular formula is C19H37ClN2O. The number of aryl methyl sites for hydroxylation is 2. The van der Waals surface area contributed by atoms with Gasteiger partial charge < -0.3 is 17.1 Å². The monoisotopic (exact) mass is 344 g/mol. The summed E-state index contributed by atoms with van der Waals surface area (Å²) in [5.41, 5.74) is 0. The fraction of sp³-hybridized carbons (Fsp3) is 0.842. The zero-order valence-corrected chi connectivity index (χ0v) is 16.1. The van der Waals surface area contributed by atoms with Gasteiger partial charge in [-0.2, -0.15) is 0 Å². The van der Waals surface area contributed by atoms with Crippen molar-refractivity contribution in [1.82, 2.24) is 4.57 Å². The van der Waals surface area contributed by atoms with E-state index in [1.54, 1.807) is 7.11 Å². The minimum Gasteiger partial charge on any atom is -1.00 e. The maximum Gasteiger partial charge on any atom is 0.243 e. The molecular weight excluding hydrogens is 308 g/mol. The van der Waals surface area contributed by atoms with Crippen molar-refractivity contribution in [3.05, 3.63) is 18.7 Å². The van der Waals surface area contributed by atoms with Crippen molar-refractivity contribution < 1.29 is 21.7 Å². The van der Waals surface area contributed by atoms with Gasteiger partial charge in [0.05, 0.1) is 13.6 Å². The Kier molecular flexibility index (Phi) is 15.9. The number of ether oxygens (including phenoxy) is 1. The van der Waals surface area contributed by atoms with Crippen LogP contribution in [-0.4, -0.2) is 18.3 Å². The Labute approximate surface area is 149 Å². The molecule has 3 nitrogen and oxygen atoms in total. The summed E-state index contributed by atoms with van der Waals surface area (Å²) in [6.45, 7) is 2.10. The number of unbranched alkanes of at least 4 members (excludes halogenated alkanes) is 11. The van der Waals surface area contributed by atoms with E-state index in [1.165, 1.54) is 83.6 Å². The molecule has 0 unspecified atom stereocenters. The van der Waals surface area contributed by atoms with E-state index in [0.29, 0.717) is 0 Å². The molecule has 0 fully saturated rings. The van der Waals surface area contributed by atoms with E-state index < -0.39 is 0 Å². The van der Waals surface area contributed by atoms with Crippen LogP contribution >= 0.6 is 0 Å². The fourth-order valence-electron chi connectivity index (χ4n) is 2.94. The zero-order valence-electron chi connectivity index (χ0n) is 15.3. The average Bonchev–Trinajstić information content (AvgIpc) is 2.93. The molecule has 0 aromatic carbocycles. The molecule has 0 saturated carbocycles. The number of rotatable bonds is 15. The van der Waals surface area contributed by atoms with Crippen LogP contribution in [0, 0.1) is 0 Å². The molecule has 4 heteroatoms. The predicted octanol–water partition coefficient (Wildman–Crippen LogP) is 1.64. The largest absolute Gasteiger partial charge is 1.00 e. The lowest BCUT2D eigenvalue weighted by Gasteiger charge is -2.03. The summed E-state index contributed by atoms with van der Waals surface area (Å²) in [5, 5.41) is 0. The molecule has 0 atom stereocenters. The van der Waals surface area contributed by atoms with Gasteiger partial charge in [0.25, 0.3) is 0 Å². The third-order valence-electron chi connectivity index (χ3n) is 4.34. The second kappa shape index (κ2) is 16.3. The number of aromatic nitrogens is 2. The van der Waals surface area contributed by atoms with Crippen LogP contribution in [0.1, 0.15) is 77.0 Å². The minimum atomic E-state index is 0. The highest BCUT2D eigenvalue weighted by atomic mass is 35.5. The molecule has 0 saturated heterocycles. The number of hydrogen-bond acceptors (Lipinski definition) is 1. The van der Waals surface area contributed by atoms with E-state index in [-0.39, 0.29) is 12.4 Å². The molecule has 1 rings (SSSR count). The number of methoxy groups -OCH3 is 1. The summed E-state index contributed by atoms with van der Waals surface area (Å²) in [5.74, 6) is 0. The standard InChI is InChI=1S/C19H37N2O.ClH/c1-20-16-17-21(19-20)15-13-11-9-7-5-3-4-6-8-10-12-14-18-22-2;/h16-17,19H,3-15,18H2,1-2H3;1H/q+1;/p-1. The van der Waals surface area contributed by atoms with Gasteiger partial charge in [-0.1, -0.05) is 57.8 Å². The Morgan fingerprint density at radius 1 is 0.783 bits per heavy atom. The van der Waals surface area contributed by atoms with Gasteiger partial charge in [0.1, 0.15) is 12.4 Å². The molecule has 136 valence electrons. The SMILES string of the molecule is COCCCCCCCCCCCCCCn1cc[n+](C)c1.[Cl-]. The second-order valence-electron chi connectivity index (χ2n) is 6.55. The summed E-state index contributed by atoms with van der Waals surface area (Å²) in [6.07, 6.45) is 23.1. The summed E-state index contributed by atoms with van der Waals surface area (Å²) >= 11 is 0. The molecule has 0 bridgehead atoms. The van der Waals surface area contributed by atoms with Crippen LogP contribution in [0.2, 0.25) is 0 Å². The molecule has 0 aliphatic heterocycles. The Morgan fingerprint density at radius 2 is 1.26 bits per heavy atom. The van der Waals surface area contributed by atoms with Crippen molar-refractivity contribution in [3.63, 3.8) is 0 Å². The predicted molar refractivity (Wildman–Crippen MR) is 92.9 cm³/mol. The Bertz CT molecular complexity index is 355. The van der Waals surface area contributed by atoms with E-state index in [1.807, 2.05) is 0 Å². The molecule has 0 spiro atoms. The lowest BCUT2D eigenvalue weighted by molar-refractivity contribution is -0.671. The first-order chi connectivity index (χ1) is 10.8. The highest BCUT2D eigenvalue weighted by Crippen LogP contribution is 2.12. The summed E-state index contributed by atoms with van der Waals surface area (Å²) in [7, 11) is 3.87. The Hall–Kier alpha value is -0.540. The van der Waals surface area contributed by atoms with E-state index in [9.17, 15) is 0 Å². The lowest BCUT2D eigenvalue weighted by atomic mass is 10.1. The van der Waals surface area contributed by atoms with Crippen molar-refractivity contribution in [3.8, 4) is 0 Å². The number of nitrogens with zero attached hydrogens (tertiary/aromatic N) is 2. The fourth-order valence-corrected chi connectivity index (χ4v) is 2.94. The van der Waals surface area contributed by atoms with Crippen molar-refractivity contribution in [2.24, 2.45) is 7.05 Å². The number of hydrogen-bond donors (Lipinski definition) is 0. The van der Waals surface area contributed by atoms with Crippen molar-refractivity contribution in [2.75, 3.05) is 13.7 Å². The summed E-state index contributed by atoms with van der Waals surface area (Å²) < 4.78 is 9.46. The lowest BCUT2D eigenvalue weighted by Crippen LogP contribution is -3.00. The average molecular weight is 345 g/mol. The van der Waals surface area contributed by atoms with E-state index >= 15 is 0 Å². The quantitative estimate of drug-likeness (QED) is 0.349. The van der Waals surface area contributed by atoms with Gasteiger partial charge >= 0.3 is 0 Å². The molecule has 1 aromatic heterocycles. The normalized spacial score (nSPS) is 10.7. The molecule has 0 radical (unpaired) electrons. The van der Waals surface area contributed by atoms with Gasteiger partial charge in [0.15, 0.2) is 0 Å². The van der Waals surface area contributed by atoms with Gasteiger partial charge in [-0.15, -0.1) is 0 Å². The van der Waals surface area contributed by atoms with Crippen LogP contribution in [0.15, 0.2) is 18.7 Å². The zero-order chi connectivity index (χ0) is 15.9. The van der Waals surface area contributed by atoms with Crippen LogP contribution < -0.4 is 17.0 Å². The minimum absolute atomic E-state index is 0. The molecule has 23 heavy (non-hydrogen) atoms. The maximum atomic E-state index is 5.07. The highest BCUT2D eigenvalue weighted by Gasteiger charge is 1.99. The topological polar surface area (TPSA) is 18.0 Å². The second-order valence-corrected chi connectivity index (χ2v) is 6.55. The molecule has 1 heterocycles. The van der Waals surface area contributed by atoms with Crippen molar-refractivity contribution in [1.29, 1.82) is 0 Å². The first kappa shape index (κ1) is 22.5.